The Kier molecular flexibility index (Phi) is 5.14. The first-order valence-corrected chi connectivity index (χ1v) is 7.19. The van der Waals surface area contributed by atoms with Crippen molar-refractivity contribution < 1.29 is 19.4 Å². The molecule has 1 aliphatic heterocycles. The molecule has 1 atom stereocenters. The van der Waals surface area contributed by atoms with E-state index >= 15 is 0 Å². The highest BCUT2D eigenvalue weighted by atomic mass is 19.1. The number of aliphatic hydroxyl groups is 1. The monoisotopic (exact) mass is 296 g/mol. The number of phenols is 1. The van der Waals surface area contributed by atoms with Gasteiger partial charge < -0.3 is 15.1 Å². The molecule has 1 aromatic rings. The summed E-state index contributed by atoms with van der Waals surface area (Å²) >= 11 is 0. The molecule has 1 heterocycles. The highest BCUT2D eigenvalue weighted by Crippen LogP contribution is 2.21. The number of halogens is 1. The van der Waals surface area contributed by atoms with Crippen molar-refractivity contribution in [1.82, 2.24) is 9.80 Å². The molecular formula is C15H21FN2O3. The standard InChI is InChI=1S/C15H21FN2O3/c1-2-12(10-19)17-5-7-18(8-6-17)15(21)13-4-3-11(16)9-14(13)20/h3-4,9,12,19-20H,2,5-8,10H2,1H3. The topological polar surface area (TPSA) is 64.0 Å². The summed E-state index contributed by atoms with van der Waals surface area (Å²) in [6.45, 7) is 4.58. The molecular weight excluding hydrogens is 275 g/mol. The van der Waals surface area contributed by atoms with Gasteiger partial charge in [0, 0.05) is 38.3 Å². The molecule has 21 heavy (non-hydrogen) atoms. The normalized spacial score (nSPS) is 17.8. The van der Waals surface area contributed by atoms with Crippen LogP contribution in [0.5, 0.6) is 5.75 Å². The Morgan fingerprint density at radius 1 is 1.33 bits per heavy atom. The van der Waals surface area contributed by atoms with Crippen molar-refractivity contribution in [3.05, 3.63) is 29.6 Å². The third-order valence-electron chi connectivity index (χ3n) is 3.99. The molecule has 116 valence electrons. The number of nitrogens with zero attached hydrogens (tertiary/aromatic N) is 2. The Labute approximate surface area is 123 Å². The first kappa shape index (κ1) is 15.7. The number of aliphatic hydroxyl groups excluding tert-OH is 1. The summed E-state index contributed by atoms with van der Waals surface area (Å²) in [5.74, 6) is -1.18. The molecule has 0 bridgehead atoms. The molecule has 0 radical (unpaired) electrons. The number of benzene rings is 1. The van der Waals surface area contributed by atoms with Crippen LogP contribution < -0.4 is 0 Å². The zero-order valence-corrected chi connectivity index (χ0v) is 12.1. The number of rotatable bonds is 4. The minimum Gasteiger partial charge on any atom is -0.507 e. The molecule has 6 heteroatoms. The van der Waals surface area contributed by atoms with Gasteiger partial charge >= 0.3 is 0 Å². The van der Waals surface area contributed by atoms with E-state index in [4.69, 9.17) is 0 Å². The minimum absolute atomic E-state index is 0.114. The van der Waals surface area contributed by atoms with Crippen LogP contribution in [0.2, 0.25) is 0 Å². The maximum atomic E-state index is 13.0. The van der Waals surface area contributed by atoms with E-state index in [0.29, 0.717) is 26.2 Å². The number of amides is 1. The third kappa shape index (κ3) is 3.51. The summed E-state index contributed by atoms with van der Waals surface area (Å²) in [6.07, 6.45) is 0.864. The van der Waals surface area contributed by atoms with Gasteiger partial charge in [0.1, 0.15) is 11.6 Å². The van der Waals surface area contributed by atoms with Crippen molar-refractivity contribution >= 4 is 5.91 Å². The highest BCUT2D eigenvalue weighted by Gasteiger charge is 2.26. The summed E-state index contributed by atoms with van der Waals surface area (Å²) in [6, 6.07) is 3.55. The Morgan fingerprint density at radius 3 is 2.52 bits per heavy atom. The lowest BCUT2D eigenvalue weighted by atomic mass is 10.1. The molecule has 1 fully saturated rings. The lowest BCUT2D eigenvalue weighted by Crippen LogP contribution is -2.52. The molecule has 1 aromatic carbocycles. The lowest BCUT2D eigenvalue weighted by Gasteiger charge is -2.38. The number of carbonyl (C=O) groups excluding carboxylic acids is 1. The smallest absolute Gasteiger partial charge is 0.257 e. The first-order chi connectivity index (χ1) is 10.1. The Hall–Kier alpha value is -1.66. The molecule has 0 saturated carbocycles. The largest absolute Gasteiger partial charge is 0.507 e. The number of phenolic OH excluding ortho intramolecular Hbond substituents is 1. The van der Waals surface area contributed by atoms with Crippen molar-refractivity contribution in [3.8, 4) is 5.75 Å². The third-order valence-corrected chi connectivity index (χ3v) is 3.99. The Balaban J connectivity index is 2.00. The SMILES string of the molecule is CCC(CO)N1CCN(C(=O)c2ccc(F)cc2O)CC1. The number of carbonyl (C=O) groups is 1. The van der Waals surface area contributed by atoms with Crippen LogP contribution in [0.4, 0.5) is 4.39 Å². The van der Waals surface area contributed by atoms with Gasteiger partial charge in [-0.05, 0) is 18.6 Å². The Morgan fingerprint density at radius 2 is 2.00 bits per heavy atom. The summed E-state index contributed by atoms with van der Waals surface area (Å²) in [5.41, 5.74) is 0.124. The Bertz CT molecular complexity index is 498. The van der Waals surface area contributed by atoms with E-state index in [0.717, 1.165) is 12.5 Å². The molecule has 0 aromatic heterocycles. The van der Waals surface area contributed by atoms with Crippen LogP contribution in [0.25, 0.3) is 0 Å². The number of hydrogen-bond acceptors (Lipinski definition) is 4. The van der Waals surface area contributed by atoms with Gasteiger partial charge in [-0.15, -0.1) is 0 Å². The molecule has 2 N–H and O–H groups in total. The summed E-state index contributed by atoms with van der Waals surface area (Å²) in [7, 11) is 0. The van der Waals surface area contributed by atoms with Crippen LogP contribution in [0.1, 0.15) is 23.7 Å². The first-order valence-electron chi connectivity index (χ1n) is 7.19. The molecule has 1 unspecified atom stereocenters. The van der Waals surface area contributed by atoms with Gasteiger partial charge in [0.2, 0.25) is 0 Å². The average Bonchev–Trinajstić information content (AvgIpc) is 2.48. The molecule has 5 nitrogen and oxygen atoms in total. The molecule has 1 saturated heterocycles. The summed E-state index contributed by atoms with van der Waals surface area (Å²) in [4.78, 5) is 16.1. The van der Waals surface area contributed by atoms with E-state index in [1.165, 1.54) is 12.1 Å². The van der Waals surface area contributed by atoms with Crippen molar-refractivity contribution in [3.63, 3.8) is 0 Å². The van der Waals surface area contributed by atoms with Crippen LogP contribution in [0, 0.1) is 5.82 Å². The van der Waals surface area contributed by atoms with Crippen LogP contribution >= 0.6 is 0 Å². The quantitative estimate of drug-likeness (QED) is 0.872. The maximum absolute atomic E-state index is 13.0. The minimum atomic E-state index is -0.567. The van der Waals surface area contributed by atoms with Gasteiger partial charge in [0.25, 0.3) is 5.91 Å². The van der Waals surface area contributed by atoms with Gasteiger partial charge in [-0.25, -0.2) is 4.39 Å². The van der Waals surface area contributed by atoms with Crippen LogP contribution in [-0.2, 0) is 0 Å². The average molecular weight is 296 g/mol. The van der Waals surface area contributed by atoms with Crippen molar-refractivity contribution in [2.75, 3.05) is 32.8 Å². The van der Waals surface area contributed by atoms with Crippen molar-refractivity contribution in [2.45, 2.75) is 19.4 Å². The fourth-order valence-corrected chi connectivity index (χ4v) is 2.65. The van der Waals surface area contributed by atoms with Crippen LogP contribution in [0.15, 0.2) is 18.2 Å². The number of aromatic hydroxyl groups is 1. The second-order valence-corrected chi connectivity index (χ2v) is 5.23. The predicted molar refractivity (Wildman–Crippen MR) is 76.7 cm³/mol. The zero-order valence-electron chi connectivity index (χ0n) is 12.1. The molecule has 0 aliphatic carbocycles. The lowest BCUT2D eigenvalue weighted by molar-refractivity contribution is 0.0470. The van der Waals surface area contributed by atoms with Gasteiger partial charge in [0.05, 0.1) is 12.2 Å². The highest BCUT2D eigenvalue weighted by molar-refractivity contribution is 5.96. The molecule has 2 rings (SSSR count). The maximum Gasteiger partial charge on any atom is 0.257 e. The molecule has 1 amide bonds. The van der Waals surface area contributed by atoms with Crippen LogP contribution in [-0.4, -0.2) is 64.7 Å². The van der Waals surface area contributed by atoms with Gasteiger partial charge in [-0.1, -0.05) is 6.92 Å². The number of hydrogen-bond donors (Lipinski definition) is 2. The molecule has 0 spiro atoms. The van der Waals surface area contributed by atoms with E-state index in [1.54, 1.807) is 4.90 Å². The van der Waals surface area contributed by atoms with E-state index in [1.807, 2.05) is 6.92 Å². The zero-order chi connectivity index (χ0) is 15.4. The van der Waals surface area contributed by atoms with Crippen molar-refractivity contribution in [1.29, 1.82) is 0 Å². The van der Waals surface area contributed by atoms with Crippen molar-refractivity contribution in [2.24, 2.45) is 0 Å². The van der Waals surface area contributed by atoms with E-state index in [2.05, 4.69) is 4.90 Å². The second kappa shape index (κ2) is 6.87. The van der Waals surface area contributed by atoms with Gasteiger partial charge in [-0.2, -0.15) is 0 Å². The second-order valence-electron chi connectivity index (χ2n) is 5.23. The fraction of sp³-hybridized carbons (Fsp3) is 0.533. The van der Waals surface area contributed by atoms with E-state index < -0.39 is 5.82 Å². The van der Waals surface area contributed by atoms with Crippen LogP contribution in [0.3, 0.4) is 0 Å². The number of piperazine rings is 1. The molecule has 1 aliphatic rings. The summed E-state index contributed by atoms with van der Waals surface area (Å²) in [5, 5.41) is 19.0. The van der Waals surface area contributed by atoms with Gasteiger partial charge in [0.15, 0.2) is 0 Å². The fourth-order valence-electron chi connectivity index (χ4n) is 2.65. The predicted octanol–water partition coefficient (Wildman–Crippen LogP) is 1.06. The summed E-state index contributed by atoms with van der Waals surface area (Å²) < 4.78 is 13.0. The van der Waals surface area contributed by atoms with E-state index in [9.17, 15) is 19.4 Å². The van der Waals surface area contributed by atoms with Gasteiger partial charge in [-0.3, -0.25) is 9.69 Å². The van der Waals surface area contributed by atoms with E-state index in [-0.39, 0.29) is 29.9 Å².